The lowest BCUT2D eigenvalue weighted by Gasteiger charge is -2.32. The number of hydrogen-bond acceptors (Lipinski definition) is 1. The van der Waals surface area contributed by atoms with E-state index in [-0.39, 0.29) is 0 Å². The Bertz CT molecular complexity index is 115. The molecule has 11 heavy (non-hydrogen) atoms. The SMILES string of the molecule is CCC(C)(CBr)C1CCSC1. The summed E-state index contributed by atoms with van der Waals surface area (Å²) in [4.78, 5) is 0. The number of halogens is 1. The van der Waals surface area contributed by atoms with Crippen molar-refractivity contribution in [3.05, 3.63) is 0 Å². The van der Waals surface area contributed by atoms with Crippen LogP contribution in [-0.2, 0) is 0 Å². The predicted molar refractivity (Wildman–Crippen MR) is 57.6 cm³/mol. The van der Waals surface area contributed by atoms with Gasteiger partial charge in [-0.15, -0.1) is 0 Å². The topological polar surface area (TPSA) is 0 Å². The summed E-state index contributed by atoms with van der Waals surface area (Å²) in [5, 5.41) is 1.17. The highest BCUT2D eigenvalue weighted by Gasteiger charge is 2.33. The second-order valence-corrected chi connectivity index (χ2v) is 5.41. The monoisotopic (exact) mass is 236 g/mol. The first-order chi connectivity index (χ1) is 5.23. The summed E-state index contributed by atoms with van der Waals surface area (Å²) in [5.41, 5.74) is 0.559. The fraction of sp³-hybridized carbons (Fsp3) is 1.00. The van der Waals surface area contributed by atoms with Crippen molar-refractivity contribution >= 4 is 27.7 Å². The summed E-state index contributed by atoms with van der Waals surface area (Å²) in [6, 6.07) is 0. The van der Waals surface area contributed by atoms with Gasteiger partial charge in [0.1, 0.15) is 0 Å². The number of rotatable bonds is 3. The van der Waals surface area contributed by atoms with Crippen molar-refractivity contribution in [1.29, 1.82) is 0 Å². The molecule has 0 saturated carbocycles. The first-order valence-electron chi connectivity index (χ1n) is 4.36. The Balaban J connectivity index is 2.52. The van der Waals surface area contributed by atoms with Crippen molar-refractivity contribution in [2.45, 2.75) is 26.7 Å². The Labute approximate surface area is 82.6 Å². The average molecular weight is 237 g/mol. The molecule has 2 heteroatoms. The van der Waals surface area contributed by atoms with Crippen molar-refractivity contribution in [3.8, 4) is 0 Å². The molecule has 1 aliphatic heterocycles. The molecular weight excluding hydrogens is 220 g/mol. The summed E-state index contributed by atoms with van der Waals surface area (Å²) in [6.45, 7) is 4.72. The molecule has 0 amide bonds. The normalized spacial score (nSPS) is 30.3. The Morgan fingerprint density at radius 2 is 2.36 bits per heavy atom. The Morgan fingerprint density at radius 3 is 2.73 bits per heavy atom. The summed E-state index contributed by atoms with van der Waals surface area (Å²) >= 11 is 5.75. The minimum Gasteiger partial charge on any atom is -0.162 e. The molecule has 0 aromatic rings. The van der Waals surface area contributed by atoms with E-state index in [1.807, 2.05) is 0 Å². The quantitative estimate of drug-likeness (QED) is 0.676. The van der Waals surface area contributed by atoms with Gasteiger partial charge in [0, 0.05) is 5.33 Å². The molecule has 66 valence electrons. The molecule has 1 fully saturated rings. The van der Waals surface area contributed by atoms with Crippen LogP contribution in [-0.4, -0.2) is 16.8 Å². The van der Waals surface area contributed by atoms with Crippen LogP contribution in [0.15, 0.2) is 0 Å². The van der Waals surface area contributed by atoms with Crippen molar-refractivity contribution in [2.75, 3.05) is 16.8 Å². The molecule has 1 aliphatic rings. The summed E-state index contributed by atoms with van der Waals surface area (Å²) in [7, 11) is 0. The van der Waals surface area contributed by atoms with Gasteiger partial charge in [-0.2, -0.15) is 11.8 Å². The van der Waals surface area contributed by atoms with Gasteiger partial charge in [-0.1, -0.05) is 29.8 Å². The average Bonchev–Trinajstić information content (AvgIpc) is 2.55. The second kappa shape index (κ2) is 4.18. The van der Waals surface area contributed by atoms with Crippen molar-refractivity contribution in [3.63, 3.8) is 0 Å². The van der Waals surface area contributed by atoms with E-state index < -0.39 is 0 Å². The Hall–Kier alpha value is 0.830. The lowest BCUT2D eigenvalue weighted by Crippen LogP contribution is -2.28. The van der Waals surface area contributed by atoms with Gasteiger partial charge in [0.25, 0.3) is 0 Å². The molecule has 0 bridgehead atoms. The zero-order valence-electron chi connectivity index (χ0n) is 7.40. The highest BCUT2D eigenvalue weighted by atomic mass is 79.9. The fourth-order valence-electron chi connectivity index (χ4n) is 1.58. The summed E-state index contributed by atoms with van der Waals surface area (Å²) < 4.78 is 0. The van der Waals surface area contributed by atoms with E-state index in [2.05, 4.69) is 41.5 Å². The molecule has 0 aromatic carbocycles. The zero-order valence-corrected chi connectivity index (χ0v) is 9.80. The highest BCUT2D eigenvalue weighted by Crippen LogP contribution is 2.41. The van der Waals surface area contributed by atoms with Gasteiger partial charge in [-0.05, 0) is 35.7 Å². The van der Waals surface area contributed by atoms with Gasteiger partial charge in [-0.3, -0.25) is 0 Å². The first kappa shape index (κ1) is 9.91. The molecule has 0 N–H and O–H groups in total. The maximum atomic E-state index is 3.63. The minimum atomic E-state index is 0.559. The molecule has 0 spiro atoms. The molecule has 0 radical (unpaired) electrons. The zero-order chi connectivity index (χ0) is 8.32. The molecule has 1 heterocycles. The Kier molecular flexibility index (Phi) is 3.76. The summed E-state index contributed by atoms with van der Waals surface area (Å²) in [6.07, 6.45) is 2.74. The van der Waals surface area contributed by atoms with Crippen LogP contribution in [0.2, 0.25) is 0 Å². The molecule has 0 aromatic heterocycles. The second-order valence-electron chi connectivity index (χ2n) is 3.70. The molecule has 2 atom stereocenters. The van der Waals surface area contributed by atoms with Crippen LogP contribution in [0.25, 0.3) is 0 Å². The van der Waals surface area contributed by atoms with Crippen LogP contribution in [0, 0.1) is 11.3 Å². The van der Waals surface area contributed by atoms with E-state index in [1.54, 1.807) is 0 Å². The third-order valence-corrected chi connectivity index (χ3v) is 5.47. The van der Waals surface area contributed by atoms with Gasteiger partial charge in [0.05, 0.1) is 0 Å². The third-order valence-electron chi connectivity index (χ3n) is 3.03. The highest BCUT2D eigenvalue weighted by molar-refractivity contribution is 9.09. The van der Waals surface area contributed by atoms with E-state index in [4.69, 9.17) is 0 Å². The van der Waals surface area contributed by atoms with E-state index in [0.717, 1.165) is 5.92 Å². The van der Waals surface area contributed by atoms with Gasteiger partial charge in [0.15, 0.2) is 0 Å². The van der Waals surface area contributed by atoms with Gasteiger partial charge in [-0.25, -0.2) is 0 Å². The fourth-order valence-corrected chi connectivity index (χ4v) is 3.90. The van der Waals surface area contributed by atoms with E-state index in [9.17, 15) is 0 Å². The largest absolute Gasteiger partial charge is 0.162 e. The summed E-state index contributed by atoms with van der Waals surface area (Å²) in [5.74, 6) is 3.72. The lowest BCUT2D eigenvalue weighted by atomic mass is 9.76. The maximum absolute atomic E-state index is 3.63. The smallest absolute Gasteiger partial charge is 0.00881 e. The van der Waals surface area contributed by atoms with Crippen molar-refractivity contribution in [2.24, 2.45) is 11.3 Å². The number of thioether (sulfide) groups is 1. The first-order valence-corrected chi connectivity index (χ1v) is 6.64. The molecular formula is C9H17BrS. The van der Waals surface area contributed by atoms with Crippen LogP contribution in [0.4, 0.5) is 0 Å². The molecule has 2 unspecified atom stereocenters. The van der Waals surface area contributed by atoms with E-state index >= 15 is 0 Å². The van der Waals surface area contributed by atoms with Gasteiger partial charge < -0.3 is 0 Å². The molecule has 1 rings (SSSR count). The molecule has 0 nitrogen and oxygen atoms in total. The van der Waals surface area contributed by atoms with Gasteiger partial charge >= 0.3 is 0 Å². The Morgan fingerprint density at radius 1 is 1.64 bits per heavy atom. The lowest BCUT2D eigenvalue weighted by molar-refractivity contribution is 0.237. The van der Waals surface area contributed by atoms with Crippen LogP contribution in [0.1, 0.15) is 26.7 Å². The predicted octanol–water partition coefficient (Wildman–Crippen LogP) is 3.55. The van der Waals surface area contributed by atoms with Crippen LogP contribution >= 0.6 is 27.7 Å². The molecule has 1 saturated heterocycles. The number of hydrogen-bond donors (Lipinski definition) is 0. The van der Waals surface area contributed by atoms with Crippen LogP contribution < -0.4 is 0 Å². The van der Waals surface area contributed by atoms with E-state index in [0.29, 0.717) is 5.41 Å². The number of alkyl halides is 1. The standard InChI is InChI=1S/C9H17BrS/c1-3-9(2,7-10)8-4-5-11-6-8/h8H,3-7H2,1-2H3. The van der Waals surface area contributed by atoms with E-state index in [1.165, 1.54) is 29.7 Å². The van der Waals surface area contributed by atoms with Crippen LogP contribution in [0.5, 0.6) is 0 Å². The third kappa shape index (κ3) is 2.15. The van der Waals surface area contributed by atoms with Crippen LogP contribution in [0.3, 0.4) is 0 Å². The molecule has 0 aliphatic carbocycles. The van der Waals surface area contributed by atoms with Crippen molar-refractivity contribution in [1.82, 2.24) is 0 Å². The van der Waals surface area contributed by atoms with Crippen molar-refractivity contribution < 1.29 is 0 Å². The maximum Gasteiger partial charge on any atom is 0.00881 e. The minimum absolute atomic E-state index is 0.559. The van der Waals surface area contributed by atoms with Gasteiger partial charge in [0.2, 0.25) is 0 Å².